The number of ether oxygens (including phenoxy) is 1. The van der Waals surface area contributed by atoms with E-state index in [9.17, 15) is 8.42 Å². The average Bonchev–Trinajstić information content (AvgIpc) is 2.75. The zero-order chi connectivity index (χ0) is 13.3. The van der Waals surface area contributed by atoms with Gasteiger partial charge in [0.05, 0.1) is 12.0 Å². The molecule has 1 aromatic rings. The molecule has 1 aliphatic heterocycles. The van der Waals surface area contributed by atoms with Crippen LogP contribution in [-0.4, -0.2) is 39.0 Å². The van der Waals surface area contributed by atoms with Gasteiger partial charge in [0.15, 0.2) is 0 Å². The molecule has 0 aromatic heterocycles. The molecule has 18 heavy (non-hydrogen) atoms. The number of nitrogens with zero attached hydrogens (tertiary/aromatic N) is 1. The van der Waals surface area contributed by atoms with Gasteiger partial charge in [-0.05, 0) is 18.6 Å². The Morgan fingerprint density at radius 3 is 2.72 bits per heavy atom. The summed E-state index contributed by atoms with van der Waals surface area (Å²) in [6.07, 6.45) is 0.699. The van der Waals surface area contributed by atoms with Gasteiger partial charge in [-0.1, -0.05) is 15.9 Å². The molecule has 2 N–H and O–H groups in total. The molecular weight excluding hydrogens is 320 g/mol. The van der Waals surface area contributed by atoms with E-state index in [1.54, 1.807) is 12.1 Å². The number of methoxy groups -OCH3 is 1. The molecule has 5 nitrogen and oxygen atoms in total. The van der Waals surface area contributed by atoms with Crippen LogP contribution in [-0.2, 0) is 10.0 Å². The van der Waals surface area contributed by atoms with E-state index in [4.69, 9.17) is 10.5 Å². The van der Waals surface area contributed by atoms with Crippen molar-refractivity contribution in [2.45, 2.75) is 17.4 Å². The van der Waals surface area contributed by atoms with Crippen LogP contribution in [0.15, 0.2) is 27.6 Å². The number of hydrogen-bond donors (Lipinski definition) is 1. The van der Waals surface area contributed by atoms with E-state index in [2.05, 4.69) is 15.9 Å². The van der Waals surface area contributed by atoms with Crippen molar-refractivity contribution in [3.63, 3.8) is 0 Å². The minimum Gasteiger partial charge on any atom is -0.497 e. The van der Waals surface area contributed by atoms with Gasteiger partial charge in [0.2, 0.25) is 10.0 Å². The number of hydrogen-bond acceptors (Lipinski definition) is 4. The predicted octanol–water partition coefficient (Wildman–Crippen LogP) is 1.18. The quantitative estimate of drug-likeness (QED) is 0.900. The van der Waals surface area contributed by atoms with Crippen molar-refractivity contribution in [1.29, 1.82) is 0 Å². The summed E-state index contributed by atoms with van der Waals surface area (Å²) in [7, 11) is -1.98. The van der Waals surface area contributed by atoms with E-state index in [1.165, 1.54) is 17.5 Å². The number of benzene rings is 1. The Bertz CT molecular complexity index is 547. The highest BCUT2D eigenvalue weighted by molar-refractivity contribution is 9.10. The molecule has 1 aliphatic rings. The summed E-state index contributed by atoms with van der Waals surface area (Å²) in [6.45, 7) is 0.843. The van der Waals surface area contributed by atoms with Crippen molar-refractivity contribution in [1.82, 2.24) is 4.31 Å². The SMILES string of the molecule is COc1cc(Br)cc(S(=O)(=O)N2CC[C@@H](N)C2)c1. The van der Waals surface area contributed by atoms with Crippen LogP contribution in [0.2, 0.25) is 0 Å². The van der Waals surface area contributed by atoms with Gasteiger partial charge < -0.3 is 10.5 Å². The van der Waals surface area contributed by atoms with Crippen LogP contribution in [0.4, 0.5) is 0 Å². The summed E-state index contributed by atoms with van der Waals surface area (Å²) < 4.78 is 32.0. The Balaban J connectivity index is 2.38. The fourth-order valence-electron chi connectivity index (χ4n) is 1.93. The topological polar surface area (TPSA) is 72.6 Å². The lowest BCUT2D eigenvalue weighted by Crippen LogP contribution is -2.32. The first-order valence-electron chi connectivity index (χ1n) is 5.54. The third-order valence-electron chi connectivity index (χ3n) is 2.91. The van der Waals surface area contributed by atoms with Gasteiger partial charge in [-0.3, -0.25) is 0 Å². The van der Waals surface area contributed by atoms with Crippen molar-refractivity contribution >= 4 is 26.0 Å². The summed E-state index contributed by atoms with van der Waals surface area (Å²) >= 11 is 3.28. The van der Waals surface area contributed by atoms with E-state index < -0.39 is 10.0 Å². The third kappa shape index (κ3) is 2.69. The minimum atomic E-state index is -3.48. The van der Waals surface area contributed by atoms with E-state index >= 15 is 0 Å². The predicted molar refractivity (Wildman–Crippen MR) is 72.0 cm³/mol. The lowest BCUT2D eigenvalue weighted by molar-refractivity contribution is 0.412. The first-order valence-corrected chi connectivity index (χ1v) is 7.77. The van der Waals surface area contributed by atoms with Gasteiger partial charge in [0.1, 0.15) is 5.75 Å². The summed E-state index contributed by atoms with van der Waals surface area (Å²) in [6, 6.07) is 4.73. The van der Waals surface area contributed by atoms with Crippen LogP contribution in [0, 0.1) is 0 Å². The lowest BCUT2D eigenvalue weighted by Gasteiger charge is -2.16. The highest BCUT2D eigenvalue weighted by atomic mass is 79.9. The molecule has 1 fully saturated rings. The van der Waals surface area contributed by atoms with Crippen LogP contribution < -0.4 is 10.5 Å². The Kier molecular flexibility index (Phi) is 3.96. The molecule has 1 aromatic carbocycles. The number of nitrogens with two attached hydrogens (primary N) is 1. The second-order valence-electron chi connectivity index (χ2n) is 4.24. The van der Waals surface area contributed by atoms with Crippen LogP contribution in [0.5, 0.6) is 5.75 Å². The van der Waals surface area contributed by atoms with E-state index in [0.717, 1.165) is 0 Å². The second kappa shape index (κ2) is 5.16. The van der Waals surface area contributed by atoms with Gasteiger partial charge in [-0.15, -0.1) is 0 Å². The Morgan fingerprint density at radius 1 is 1.44 bits per heavy atom. The Morgan fingerprint density at radius 2 is 2.17 bits per heavy atom. The molecule has 7 heteroatoms. The molecule has 1 heterocycles. The minimum absolute atomic E-state index is 0.0752. The fraction of sp³-hybridized carbons (Fsp3) is 0.455. The highest BCUT2D eigenvalue weighted by Crippen LogP contribution is 2.27. The van der Waals surface area contributed by atoms with Crippen molar-refractivity contribution in [2.24, 2.45) is 5.73 Å². The Hall–Kier alpha value is -0.630. The fourth-order valence-corrected chi connectivity index (χ4v) is 4.12. The largest absolute Gasteiger partial charge is 0.497 e. The maximum atomic E-state index is 12.4. The molecule has 0 amide bonds. The third-order valence-corrected chi connectivity index (χ3v) is 5.21. The number of rotatable bonds is 3. The smallest absolute Gasteiger partial charge is 0.243 e. The molecule has 100 valence electrons. The van der Waals surface area contributed by atoms with Crippen LogP contribution >= 0.6 is 15.9 Å². The summed E-state index contributed by atoms with van der Waals surface area (Å²) in [5, 5.41) is 0. The van der Waals surface area contributed by atoms with Crippen LogP contribution in [0.25, 0.3) is 0 Å². The molecule has 0 saturated carbocycles. The molecule has 2 rings (SSSR count). The summed E-state index contributed by atoms with van der Waals surface area (Å²) in [4.78, 5) is 0.225. The molecule has 0 unspecified atom stereocenters. The zero-order valence-electron chi connectivity index (χ0n) is 9.97. The lowest BCUT2D eigenvalue weighted by atomic mass is 10.3. The molecule has 0 aliphatic carbocycles. The monoisotopic (exact) mass is 334 g/mol. The highest BCUT2D eigenvalue weighted by Gasteiger charge is 2.31. The molecule has 0 spiro atoms. The van der Waals surface area contributed by atoms with Gasteiger partial charge >= 0.3 is 0 Å². The first kappa shape index (κ1) is 13.8. The van der Waals surface area contributed by atoms with Crippen molar-refractivity contribution in [3.8, 4) is 5.75 Å². The normalized spacial score (nSPS) is 21.2. The summed E-state index contributed by atoms with van der Waals surface area (Å²) in [5.41, 5.74) is 5.75. The summed E-state index contributed by atoms with van der Waals surface area (Å²) in [5.74, 6) is 0.506. The number of sulfonamides is 1. The Labute approximate surface area is 115 Å². The van der Waals surface area contributed by atoms with Crippen molar-refractivity contribution in [2.75, 3.05) is 20.2 Å². The molecule has 0 radical (unpaired) electrons. The van der Waals surface area contributed by atoms with E-state index in [1.807, 2.05) is 0 Å². The van der Waals surface area contributed by atoms with Gasteiger partial charge in [0, 0.05) is 29.7 Å². The van der Waals surface area contributed by atoms with E-state index in [0.29, 0.717) is 29.7 Å². The van der Waals surface area contributed by atoms with Gasteiger partial charge in [-0.2, -0.15) is 4.31 Å². The zero-order valence-corrected chi connectivity index (χ0v) is 12.4. The molecular formula is C11H15BrN2O3S. The molecule has 0 bridgehead atoms. The van der Waals surface area contributed by atoms with Crippen LogP contribution in [0.3, 0.4) is 0 Å². The van der Waals surface area contributed by atoms with Gasteiger partial charge in [-0.25, -0.2) is 8.42 Å². The maximum Gasteiger partial charge on any atom is 0.243 e. The molecule has 1 atom stereocenters. The van der Waals surface area contributed by atoms with Crippen molar-refractivity contribution < 1.29 is 13.2 Å². The molecule has 1 saturated heterocycles. The van der Waals surface area contributed by atoms with Gasteiger partial charge in [0.25, 0.3) is 0 Å². The number of halogens is 1. The van der Waals surface area contributed by atoms with Crippen LogP contribution in [0.1, 0.15) is 6.42 Å². The van der Waals surface area contributed by atoms with Crippen molar-refractivity contribution in [3.05, 3.63) is 22.7 Å². The van der Waals surface area contributed by atoms with E-state index in [-0.39, 0.29) is 10.9 Å². The second-order valence-corrected chi connectivity index (χ2v) is 7.09. The average molecular weight is 335 g/mol. The maximum absolute atomic E-state index is 12.4. The standard InChI is InChI=1S/C11H15BrN2O3S/c1-17-10-4-8(12)5-11(6-10)18(15,16)14-3-2-9(13)7-14/h4-6,9H,2-3,7,13H2,1H3/t9-/m1/s1. The first-order chi connectivity index (χ1) is 8.43.